The number of esters is 1. The lowest BCUT2D eigenvalue weighted by molar-refractivity contribution is 0.0254. The monoisotopic (exact) mass is 450 g/mol. The topological polar surface area (TPSA) is 95.9 Å². The Morgan fingerprint density at radius 1 is 1.03 bits per heavy atom. The standard InChI is InChI=1S/C26H30N2O5/c1-25(2)13-18(14-26(3,4)27-25)28-22(30)19-11-10-17(12-20(19)23(28)31)24(32)33-15-21(29)16-8-6-5-7-9-16/h5-12,18,21,27,29H,13-15H2,1-4H3. The van der Waals surface area contributed by atoms with Crippen molar-refractivity contribution in [3.8, 4) is 0 Å². The molecule has 33 heavy (non-hydrogen) atoms. The number of nitrogens with one attached hydrogen (secondary N) is 1. The summed E-state index contributed by atoms with van der Waals surface area (Å²) in [5.41, 5.74) is 0.876. The van der Waals surface area contributed by atoms with Crippen LogP contribution in [-0.2, 0) is 4.74 Å². The van der Waals surface area contributed by atoms with Crippen LogP contribution in [0.4, 0.5) is 0 Å². The van der Waals surface area contributed by atoms with Crippen LogP contribution in [0.3, 0.4) is 0 Å². The van der Waals surface area contributed by atoms with E-state index in [9.17, 15) is 19.5 Å². The minimum Gasteiger partial charge on any atom is -0.459 e. The molecule has 2 amide bonds. The van der Waals surface area contributed by atoms with Gasteiger partial charge >= 0.3 is 5.97 Å². The summed E-state index contributed by atoms with van der Waals surface area (Å²) in [6.07, 6.45) is 0.345. The summed E-state index contributed by atoms with van der Waals surface area (Å²) < 4.78 is 5.26. The molecule has 4 rings (SSSR count). The highest BCUT2D eigenvalue weighted by Gasteiger charge is 2.47. The second-order valence-corrected chi connectivity index (χ2v) is 10.2. The first-order valence-corrected chi connectivity index (χ1v) is 11.2. The molecule has 1 atom stereocenters. The van der Waals surface area contributed by atoms with Gasteiger partial charge in [-0.3, -0.25) is 14.5 Å². The molecule has 7 heteroatoms. The highest BCUT2D eigenvalue weighted by Crippen LogP contribution is 2.36. The van der Waals surface area contributed by atoms with Gasteiger partial charge in [0.2, 0.25) is 0 Å². The van der Waals surface area contributed by atoms with Gasteiger partial charge in [-0.25, -0.2) is 4.79 Å². The van der Waals surface area contributed by atoms with Gasteiger partial charge < -0.3 is 15.2 Å². The first-order valence-electron chi connectivity index (χ1n) is 11.2. The van der Waals surface area contributed by atoms with E-state index in [0.717, 1.165) is 0 Å². The molecule has 0 radical (unpaired) electrons. The lowest BCUT2D eigenvalue weighted by atomic mass is 9.79. The minimum atomic E-state index is -0.949. The lowest BCUT2D eigenvalue weighted by Crippen LogP contribution is -2.62. The Balaban J connectivity index is 1.50. The van der Waals surface area contributed by atoms with Crippen molar-refractivity contribution in [3.05, 3.63) is 70.8 Å². The second kappa shape index (κ2) is 8.39. The number of nitrogens with zero attached hydrogens (tertiary/aromatic N) is 1. The van der Waals surface area contributed by atoms with Crippen LogP contribution in [0.1, 0.15) is 83.3 Å². The van der Waals surface area contributed by atoms with Crippen LogP contribution in [0.2, 0.25) is 0 Å². The zero-order chi connectivity index (χ0) is 24.0. The molecule has 2 aromatic carbocycles. The number of hydrogen-bond acceptors (Lipinski definition) is 6. The largest absolute Gasteiger partial charge is 0.459 e. The van der Waals surface area contributed by atoms with Crippen LogP contribution >= 0.6 is 0 Å². The Kier molecular flexibility index (Phi) is 5.88. The van der Waals surface area contributed by atoms with E-state index in [2.05, 4.69) is 33.0 Å². The lowest BCUT2D eigenvalue weighted by Gasteiger charge is -2.48. The van der Waals surface area contributed by atoms with E-state index >= 15 is 0 Å². The van der Waals surface area contributed by atoms with Gasteiger partial charge in [-0.2, -0.15) is 0 Å². The molecule has 2 aliphatic rings. The zero-order valence-electron chi connectivity index (χ0n) is 19.4. The predicted octanol–water partition coefficient (Wildman–Crippen LogP) is 3.48. The third-order valence-electron chi connectivity index (χ3n) is 6.24. The van der Waals surface area contributed by atoms with E-state index in [1.807, 2.05) is 6.07 Å². The molecule has 1 unspecified atom stereocenters. The number of benzene rings is 2. The number of aliphatic hydroxyl groups is 1. The van der Waals surface area contributed by atoms with Gasteiger partial charge in [-0.05, 0) is 64.3 Å². The molecule has 174 valence electrons. The molecular weight excluding hydrogens is 420 g/mol. The van der Waals surface area contributed by atoms with E-state index in [0.29, 0.717) is 24.0 Å². The summed E-state index contributed by atoms with van der Waals surface area (Å²) in [5, 5.41) is 13.8. The van der Waals surface area contributed by atoms with Crippen LogP contribution in [0, 0.1) is 0 Å². The number of ether oxygens (including phenoxy) is 1. The highest BCUT2D eigenvalue weighted by molar-refractivity contribution is 6.22. The molecule has 0 aromatic heterocycles. The van der Waals surface area contributed by atoms with Gasteiger partial charge in [0, 0.05) is 17.1 Å². The number of hydrogen-bond donors (Lipinski definition) is 2. The maximum absolute atomic E-state index is 13.2. The highest BCUT2D eigenvalue weighted by atomic mass is 16.5. The number of piperidine rings is 1. The molecule has 2 aliphatic heterocycles. The summed E-state index contributed by atoms with van der Waals surface area (Å²) in [7, 11) is 0. The van der Waals surface area contributed by atoms with Gasteiger partial charge in [0.15, 0.2) is 0 Å². The summed E-state index contributed by atoms with van der Waals surface area (Å²) in [6.45, 7) is 8.06. The van der Waals surface area contributed by atoms with Gasteiger partial charge in [-0.1, -0.05) is 30.3 Å². The van der Waals surface area contributed by atoms with Crippen LogP contribution in [-0.4, -0.2) is 51.5 Å². The third-order valence-corrected chi connectivity index (χ3v) is 6.24. The molecule has 1 saturated heterocycles. The SMILES string of the molecule is CC1(C)CC(N2C(=O)c3ccc(C(=O)OCC(O)c4ccccc4)cc3C2=O)CC(C)(C)N1. The van der Waals surface area contributed by atoms with Gasteiger partial charge in [-0.15, -0.1) is 0 Å². The van der Waals surface area contributed by atoms with Crippen molar-refractivity contribution < 1.29 is 24.2 Å². The Bertz CT molecular complexity index is 1080. The average molecular weight is 451 g/mol. The molecule has 2 aromatic rings. The van der Waals surface area contributed by atoms with E-state index in [1.165, 1.54) is 23.1 Å². The fourth-order valence-corrected chi connectivity index (χ4v) is 5.18. The van der Waals surface area contributed by atoms with Crippen molar-refractivity contribution >= 4 is 17.8 Å². The number of carbonyl (C=O) groups excluding carboxylic acids is 3. The van der Waals surface area contributed by atoms with Crippen LogP contribution < -0.4 is 5.32 Å². The molecule has 0 spiro atoms. The second-order valence-electron chi connectivity index (χ2n) is 10.2. The summed E-state index contributed by atoms with van der Waals surface area (Å²) in [4.78, 5) is 40.3. The zero-order valence-corrected chi connectivity index (χ0v) is 19.4. The summed E-state index contributed by atoms with van der Waals surface area (Å²) in [5.74, 6) is -1.36. The molecule has 2 heterocycles. The van der Waals surface area contributed by atoms with Crippen molar-refractivity contribution in [2.75, 3.05) is 6.61 Å². The van der Waals surface area contributed by atoms with Gasteiger partial charge in [0.05, 0.1) is 16.7 Å². The maximum Gasteiger partial charge on any atom is 0.338 e. The van der Waals surface area contributed by atoms with E-state index in [4.69, 9.17) is 4.74 Å². The molecule has 0 saturated carbocycles. The maximum atomic E-state index is 13.2. The number of rotatable bonds is 5. The Hall–Kier alpha value is -3.03. The molecule has 0 aliphatic carbocycles. The van der Waals surface area contributed by atoms with Gasteiger partial charge in [0.25, 0.3) is 11.8 Å². The number of fused-ring (bicyclic) bond motifs is 1. The normalized spacial score (nSPS) is 20.5. The van der Waals surface area contributed by atoms with Crippen molar-refractivity contribution in [2.24, 2.45) is 0 Å². The molecule has 1 fully saturated rings. The van der Waals surface area contributed by atoms with E-state index in [1.54, 1.807) is 24.3 Å². The average Bonchev–Trinajstić information content (AvgIpc) is 3.00. The van der Waals surface area contributed by atoms with E-state index in [-0.39, 0.29) is 46.7 Å². The van der Waals surface area contributed by atoms with Crippen molar-refractivity contribution in [3.63, 3.8) is 0 Å². The van der Waals surface area contributed by atoms with Crippen molar-refractivity contribution in [2.45, 2.75) is 63.8 Å². The molecular formula is C26H30N2O5. The van der Waals surface area contributed by atoms with Crippen molar-refractivity contribution in [1.29, 1.82) is 0 Å². The van der Waals surface area contributed by atoms with Crippen LogP contribution in [0.15, 0.2) is 48.5 Å². The molecule has 2 N–H and O–H groups in total. The van der Waals surface area contributed by atoms with Crippen LogP contribution in [0.25, 0.3) is 0 Å². The Morgan fingerprint density at radius 3 is 2.27 bits per heavy atom. The predicted molar refractivity (Wildman–Crippen MR) is 123 cm³/mol. The minimum absolute atomic E-state index is 0.169. The van der Waals surface area contributed by atoms with Gasteiger partial charge in [0.1, 0.15) is 12.7 Å². The fraction of sp³-hybridized carbons (Fsp3) is 0.423. The number of carbonyl (C=O) groups is 3. The van der Waals surface area contributed by atoms with E-state index < -0.39 is 12.1 Å². The van der Waals surface area contributed by atoms with Crippen LogP contribution in [0.5, 0.6) is 0 Å². The first kappa shape index (κ1) is 23.1. The van der Waals surface area contributed by atoms with Crippen molar-refractivity contribution in [1.82, 2.24) is 10.2 Å². The smallest absolute Gasteiger partial charge is 0.338 e. The molecule has 7 nitrogen and oxygen atoms in total. The molecule has 0 bridgehead atoms. The number of aliphatic hydroxyl groups excluding tert-OH is 1. The Labute approximate surface area is 193 Å². The Morgan fingerprint density at radius 2 is 1.64 bits per heavy atom. The number of imide groups is 1. The summed E-state index contributed by atoms with van der Waals surface area (Å²) in [6, 6.07) is 13.1. The fourth-order valence-electron chi connectivity index (χ4n) is 5.18. The third kappa shape index (κ3) is 4.70. The quantitative estimate of drug-likeness (QED) is 0.535. The first-order chi connectivity index (χ1) is 15.5. The number of amides is 2. The summed E-state index contributed by atoms with van der Waals surface area (Å²) >= 11 is 0.